The highest BCUT2D eigenvalue weighted by atomic mass is 19.1. The zero-order valence-electron chi connectivity index (χ0n) is 16.3. The highest BCUT2D eigenvalue weighted by Gasteiger charge is 2.31. The number of nitrogens with zero attached hydrogens (tertiary/aromatic N) is 5. The van der Waals surface area contributed by atoms with Gasteiger partial charge in [-0.05, 0) is 49.2 Å². The summed E-state index contributed by atoms with van der Waals surface area (Å²) < 4.78 is 18.6. The van der Waals surface area contributed by atoms with E-state index in [4.69, 9.17) is 4.52 Å². The molecule has 4 aromatic rings. The van der Waals surface area contributed by atoms with Gasteiger partial charge in [-0.3, -0.25) is 9.88 Å². The average Bonchev–Trinajstić information content (AvgIpc) is 3.45. The summed E-state index contributed by atoms with van der Waals surface area (Å²) in [5.41, 5.74) is 3.80. The summed E-state index contributed by atoms with van der Waals surface area (Å²) in [6.45, 7) is 1.78. The zero-order valence-corrected chi connectivity index (χ0v) is 16.3. The van der Waals surface area contributed by atoms with Gasteiger partial charge >= 0.3 is 0 Å². The summed E-state index contributed by atoms with van der Waals surface area (Å²) in [5.74, 6) is 0.578. The molecule has 1 atom stereocenters. The van der Waals surface area contributed by atoms with Crippen LogP contribution in [0.1, 0.15) is 30.3 Å². The summed E-state index contributed by atoms with van der Waals surface area (Å²) in [4.78, 5) is 15.3. The molecule has 0 spiro atoms. The summed E-state index contributed by atoms with van der Waals surface area (Å²) in [6, 6.07) is 17.4. The van der Waals surface area contributed by atoms with Crippen LogP contribution in [-0.2, 0) is 6.54 Å². The zero-order chi connectivity index (χ0) is 20.3. The van der Waals surface area contributed by atoms with Crippen LogP contribution in [0, 0.1) is 5.82 Å². The Hall–Kier alpha value is -3.45. The van der Waals surface area contributed by atoms with E-state index >= 15 is 0 Å². The van der Waals surface area contributed by atoms with Crippen LogP contribution in [0.2, 0.25) is 0 Å². The van der Waals surface area contributed by atoms with Crippen molar-refractivity contribution in [3.63, 3.8) is 0 Å². The molecule has 0 radical (unpaired) electrons. The maximum atomic E-state index is 13.1. The van der Waals surface area contributed by atoms with Gasteiger partial charge in [0.25, 0.3) is 0 Å². The Morgan fingerprint density at radius 3 is 2.67 bits per heavy atom. The van der Waals surface area contributed by atoms with Crippen LogP contribution in [-0.4, -0.2) is 31.6 Å². The molecule has 5 rings (SSSR count). The monoisotopic (exact) mass is 401 g/mol. The van der Waals surface area contributed by atoms with Gasteiger partial charge in [-0.2, -0.15) is 4.98 Å². The van der Waals surface area contributed by atoms with Crippen LogP contribution in [0.5, 0.6) is 0 Å². The van der Waals surface area contributed by atoms with Crippen molar-refractivity contribution in [1.82, 2.24) is 25.0 Å². The van der Waals surface area contributed by atoms with Gasteiger partial charge in [-0.1, -0.05) is 35.5 Å². The molecule has 30 heavy (non-hydrogen) atoms. The van der Waals surface area contributed by atoms with E-state index in [-0.39, 0.29) is 6.04 Å². The first-order chi connectivity index (χ1) is 14.8. The Bertz CT molecular complexity index is 1110. The molecule has 0 saturated carbocycles. The Kier molecular flexibility index (Phi) is 5.03. The lowest BCUT2D eigenvalue weighted by Crippen LogP contribution is -2.23. The van der Waals surface area contributed by atoms with E-state index in [0.29, 0.717) is 17.4 Å². The quantitative estimate of drug-likeness (QED) is 0.484. The van der Waals surface area contributed by atoms with Crippen LogP contribution in [0.25, 0.3) is 22.8 Å². The first kappa shape index (κ1) is 18.6. The molecule has 150 valence electrons. The lowest BCUT2D eigenvalue weighted by molar-refractivity contribution is 0.201. The smallest absolute Gasteiger partial charge is 0.244 e. The summed E-state index contributed by atoms with van der Waals surface area (Å²) in [5, 5.41) is 4.04. The van der Waals surface area contributed by atoms with Gasteiger partial charge in [-0.15, -0.1) is 0 Å². The van der Waals surface area contributed by atoms with Gasteiger partial charge in [0.2, 0.25) is 11.7 Å². The van der Waals surface area contributed by atoms with Crippen molar-refractivity contribution in [2.24, 2.45) is 0 Å². The summed E-state index contributed by atoms with van der Waals surface area (Å²) in [6.07, 6.45) is 4.99. The summed E-state index contributed by atoms with van der Waals surface area (Å²) in [7, 11) is 0. The van der Waals surface area contributed by atoms with Crippen LogP contribution < -0.4 is 0 Å². The number of benzene rings is 1. The fourth-order valence-electron chi connectivity index (χ4n) is 3.83. The third-order valence-electron chi connectivity index (χ3n) is 5.35. The highest BCUT2D eigenvalue weighted by molar-refractivity contribution is 5.59. The van der Waals surface area contributed by atoms with Gasteiger partial charge in [0.15, 0.2) is 0 Å². The largest absolute Gasteiger partial charge is 0.337 e. The number of pyridine rings is 2. The van der Waals surface area contributed by atoms with Crippen LogP contribution in [0.3, 0.4) is 0 Å². The van der Waals surface area contributed by atoms with E-state index in [1.54, 1.807) is 12.3 Å². The molecule has 0 aliphatic carbocycles. The van der Waals surface area contributed by atoms with Gasteiger partial charge in [0, 0.05) is 18.3 Å². The molecule has 4 heterocycles. The number of likely N-dealkylation sites (tertiary alicyclic amines) is 1. The second-order valence-corrected chi connectivity index (χ2v) is 7.36. The predicted molar refractivity (Wildman–Crippen MR) is 110 cm³/mol. The number of halogens is 1. The lowest BCUT2D eigenvalue weighted by Gasteiger charge is -2.21. The van der Waals surface area contributed by atoms with Gasteiger partial charge in [0.05, 0.1) is 17.9 Å². The van der Waals surface area contributed by atoms with E-state index in [9.17, 15) is 4.39 Å². The van der Waals surface area contributed by atoms with Crippen molar-refractivity contribution in [3.05, 3.63) is 84.3 Å². The second-order valence-electron chi connectivity index (χ2n) is 7.36. The number of hydrogen-bond donors (Lipinski definition) is 0. The van der Waals surface area contributed by atoms with Crippen molar-refractivity contribution in [1.29, 1.82) is 0 Å². The van der Waals surface area contributed by atoms with E-state index in [0.717, 1.165) is 43.4 Å². The minimum absolute atomic E-state index is 0.0714. The summed E-state index contributed by atoms with van der Waals surface area (Å²) >= 11 is 0. The number of hydrogen-bond acceptors (Lipinski definition) is 6. The third kappa shape index (κ3) is 3.84. The van der Waals surface area contributed by atoms with Gasteiger partial charge < -0.3 is 4.52 Å². The second kappa shape index (κ2) is 8.12. The molecule has 7 heteroatoms. The standard InChI is InChI=1S/C23H20FN5O/c24-18-10-11-20(26-14-18)22-27-23(30-28-22)21-5-3-13-29(21)15-16-6-8-17(9-7-16)19-4-1-2-12-25-19/h1-2,4,6-12,14,21H,3,5,13,15H2/t21-/m0/s1. The molecular formula is C23H20FN5O. The minimum Gasteiger partial charge on any atom is -0.337 e. The van der Waals surface area contributed by atoms with E-state index in [1.165, 1.54) is 11.6 Å². The van der Waals surface area contributed by atoms with Crippen molar-refractivity contribution in [3.8, 4) is 22.8 Å². The van der Waals surface area contributed by atoms with Crippen LogP contribution in [0.15, 0.2) is 71.5 Å². The fourth-order valence-corrected chi connectivity index (χ4v) is 3.83. The molecule has 0 amide bonds. The molecule has 6 nitrogen and oxygen atoms in total. The lowest BCUT2D eigenvalue weighted by atomic mass is 10.1. The molecule has 1 aliphatic heterocycles. The molecule has 1 saturated heterocycles. The Labute approximate surface area is 173 Å². The van der Waals surface area contributed by atoms with E-state index in [1.807, 2.05) is 18.2 Å². The van der Waals surface area contributed by atoms with Crippen molar-refractivity contribution >= 4 is 0 Å². The molecular weight excluding hydrogens is 381 g/mol. The van der Waals surface area contributed by atoms with Gasteiger partial charge in [-0.25, -0.2) is 9.37 Å². The van der Waals surface area contributed by atoms with Crippen molar-refractivity contribution in [2.45, 2.75) is 25.4 Å². The topological polar surface area (TPSA) is 67.9 Å². The maximum Gasteiger partial charge on any atom is 0.244 e. The van der Waals surface area contributed by atoms with Crippen molar-refractivity contribution in [2.75, 3.05) is 6.54 Å². The Morgan fingerprint density at radius 1 is 1.00 bits per heavy atom. The molecule has 0 bridgehead atoms. The molecule has 0 N–H and O–H groups in total. The highest BCUT2D eigenvalue weighted by Crippen LogP contribution is 2.33. The van der Waals surface area contributed by atoms with Crippen molar-refractivity contribution < 1.29 is 8.91 Å². The van der Waals surface area contributed by atoms with Crippen LogP contribution in [0.4, 0.5) is 4.39 Å². The average molecular weight is 401 g/mol. The van der Waals surface area contributed by atoms with E-state index in [2.05, 4.69) is 49.3 Å². The molecule has 1 aliphatic rings. The van der Waals surface area contributed by atoms with E-state index < -0.39 is 5.82 Å². The Morgan fingerprint density at radius 2 is 1.90 bits per heavy atom. The molecule has 1 aromatic carbocycles. The Balaban J connectivity index is 1.30. The normalized spacial score (nSPS) is 16.8. The van der Waals surface area contributed by atoms with Gasteiger partial charge in [0.1, 0.15) is 11.5 Å². The fraction of sp³-hybridized carbons (Fsp3) is 0.217. The molecule has 1 fully saturated rings. The minimum atomic E-state index is -0.390. The number of aromatic nitrogens is 4. The first-order valence-corrected chi connectivity index (χ1v) is 9.96. The number of rotatable bonds is 5. The molecule has 3 aromatic heterocycles. The first-order valence-electron chi connectivity index (χ1n) is 9.96. The SMILES string of the molecule is Fc1ccc(-c2noc([C@@H]3CCCN3Cc3ccc(-c4ccccn4)cc3)n2)nc1. The molecule has 0 unspecified atom stereocenters. The maximum absolute atomic E-state index is 13.1. The van der Waals surface area contributed by atoms with Crippen LogP contribution >= 0.6 is 0 Å². The predicted octanol–water partition coefficient (Wildman–Crippen LogP) is 4.67. The third-order valence-corrected chi connectivity index (χ3v) is 5.35.